The SMILES string of the molecule is CCOP(=O)(OCC)C(CC(F)F)NC(=O)[C@@H]1C[C@@H](Oc2cc(-c3ccccc3)nc3cc(OC)ccc23)CN1C(=O)[C@@H](NC(=O)OC(C)(C)C)C(C)(C)C. The van der Waals surface area contributed by atoms with E-state index in [9.17, 15) is 27.7 Å². The summed E-state index contributed by atoms with van der Waals surface area (Å²) in [6.07, 6.45) is -5.73. The lowest BCUT2D eigenvalue weighted by atomic mass is 9.85. The highest BCUT2D eigenvalue weighted by Crippen LogP contribution is 2.53. The van der Waals surface area contributed by atoms with Crippen LogP contribution in [-0.4, -0.2) is 90.7 Å². The first-order valence-electron chi connectivity index (χ1n) is 18.3. The Morgan fingerprint density at radius 2 is 1.62 bits per heavy atom. The normalized spacial score (nSPS) is 17.5. The summed E-state index contributed by atoms with van der Waals surface area (Å²) in [6, 6.07) is 14.0. The molecule has 0 radical (unpaired) electrons. The molecule has 302 valence electrons. The Kier molecular flexibility index (Phi) is 14.3. The van der Waals surface area contributed by atoms with Crippen molar-refractivity contribution in [2.24, 2.45) is 5.41 Å². The molecule has 1 aliphatic heterocycles. The molecule has 3 aromatic rings. The molecule has 13 nitrogen and oxygen atoms in total. The molecular formula is C39H53F2N4O9P. The van der Waals surface area contributed by atoms with Gasteiger partial charge in [-0.15, -0.1) is 0 Å². The third kappa shape index (κ3) is 11.4. The van der Waals surface area contributed by atoms with Crippen molar-refractivity contribution in [2.75, 3.05) is 26.9 Å². The molecule has 0 aliphatic carbocycles. The van der Waals surface area contributed by atoms with Gasteiger partial charge < -0.3 is 38.8 Å². The van der Waals surface area contributed by atoms with E-state index in [-0.39, 0.29) is 26.2 Å². The van der Waals surface area contributed by atoms with E-state index < -0.39 is 73.3 Å². The van der Waals surface area contributed by atoms with E-state index in [1.807, 2.05) is 30.3 Å². The van der Waals surface area contributed by atoms with Crippen LogP contribution in [0.3, 0.4) is 0 Å². The second-order valence-electron chi connectivity index (χ2n) is 15.2. The summed E-state index contributed by atoms with van der Waals surface area (Å²) >= 11 is 0. The quantitative estimate of drug-likeness (QED) is 0.147. The van der Waals surface area contributed by atoms with Crippen LogP contribution in [0.5, 0.6) is 11.5 Å². The lowest BCUT2D eigenvalue weighted by Gasteiger charge is -2.36. The fourth-order valence-corrected chi connectivity index (χ4v) is 8.08. The number of hydrogen-bond acceptors (Lipinski definition) is 10. The Labute approximate surface area is 321 Å². The van der Waals surface area contributed by atoms with Crippen molar-refractivity contribution in [2.45, 2.75) is 104 Å². The van der Waals surface area contributed by atoms with Crippen molar-refractivity contribution < 1.29 is 51.0 Å². The molecule has 4 atom stereocenters. The van der Waals surface area contributed by atoms with Crippen LogP contribution in [0.4, 0.5) is 13.6 Å². The smallest absolute Gasteiger partial charge is 0.408 e. The number of hydrogen-bond donors (Lipinski definition) is 2. The average molecular weight is 791 g/mol. The largest absolute Gasteiger partial charge is 0.497 e. The number of carbonyl (C=O) groups excluding carboxylic acids is 3. The summed E-state index contributed by atoms with van der Waals surface area (Å²) in [5.74, 6) is -2.24. The number of likely N-dealkylation sites (tertiary alicyclic amines) is 1. The second kappa shape index (κ2) is 18.1. The van der Waals surface area contributed by atoms with Gasteiger partial charge in [-0.05, 0) is 52.2 Å². The van der Waals surface area contributed by atoms with Gasteiger partial charge >= 0.3 is 13.7 Å². The Morgan fingerprint density at radius 3 is 2.18 bits per heavy atom. The van der Waals surface area contributed by atoms with Crippen molar-refractivity contribution in [3.63, 3.8) is 0 Å². The number of pyridine rings is 1. The fourth-order valence-electron chi connectivity index (χ4n) is 6.23. The van der Waals surface area contributed by atoms with Crippen molar-refractivity contribution in [1.82, 2.24) is 20.5 Å². The molecule has 55 heavy (non-hydrogen) atoms. The van der Waals surface area contributed by atoms with E-state index in [1.165, 1.54) is 18.7 Å². The van der Waals surface area contributed by atoms with Gasteiger partial charge in [0.15, 0.2) is 0 Å². The topological polar surface area (TPSA) is 155 Å². The van der Waals surface area contributed by atoms with E-state index in [4.69, 9.17) is 28.2 Å². The molecule has 1 saturated heterocycles. The maximum Gasteiger partial charge on any atom is 0.408 e. The summed E-state index contributed by atoms with van der Waals surface area (Å²) in [5.41, 5.74) is 0.245. The van der Waals surface area contributed by atoms with Gasteiger partial charge in [-0.3, -0.25) is 14.2 Å². The summed E-state index contributed by atoms with van der Waals surface area (Å²) in [7, 11) is -2.74. The van der Waals surface area contributed by atoms with Crippen molar-refractivity contribution in [3.05, 3.63) is 54.6 Å². The highest BCUT2D eigenvalue weighted by Gasteiger charge is 2.48. The van der Waals surface area contributed by atoms with Crippen molar-refractivity contribution in [3.8, 4) is 22.8 Å². The van der Waals surface area contributed by atoms with Gasteiger partial charge in [0.05, 0.1) is 38.1 Å². The molecule has 0 saturated carbocycles. The van der Waals surface area contributed by atoms with E-state index in [2.05, 4.69) is 10.6 Å². The number of nitrogens with one attached hydrogen (secondary N) is 2. The first-order valence-corrected chi connectivity index (χ1v) is 19.9. The molecule has 0 bridgehead atoms. The Hall–Kier alpha value is -4.33. The lowest BCUT2D eigenvalue weighted by molar-refractivity contribution is -0.142. The van der Waals surface area contributed by atoms with Crippen LogP contribution in [0.1, 0.15) is 68.2 Å². The molecule has 2 N–H and O–H groups in total. The molecule has 3 amide bonds. The maximum absolute atomic E-state index is 14.6. The number of methoxy groups -OCH3 is 1. The van der Waals surface area contributed by atoms with Crippen LogP contribution in [0, 0.1) is 5.41 Å². The van der Waals surface area contributed by atoms with Crippen LogP contribution >= 0.6 is 7.60 Å². The minimum Gasteiger partial charge on any atom is -0.497 e. The molecule has 1 unspecified atom stereocenters. The van der Waals surface area contributed by atoms with Crippen LogP contribution < -0.4 is 20.1 Å². The maximum atomic E-state index is 14.6. The number of alkyl carbamates (subject to hydrolysis) is 1. The predicted octanol–water partition coefficient (Wildman–Crippen LogP) is 7.56. The molecule has 0 spiro atoms. The number of carbonyl (C=O) groups is 3. The Balaban J connectivity index is 1.77. The first-order chi connectivity index (χ1) is 25.8. The van der Waals surface area contributed by atoms with Gasteiger partial charge in [0.25, 0.3) is 0 Å². The van der Waals surface area contributed by atoms with Crippen LogP contribution in [-0.2, 0) is 27.9 Å². The Bertz CT molecular complexity index is 1840. The molecule has 4 rings (SSSR count). The van der Waals surface area contributed by atoms with Gasteiger partial charge in [0.1, 0.15) is 41.1 Å². The molecule has 1 aliphatic rings. The number of nitrogens with zero attached hydrogens (tertiary/aromatic N) is 2. The number of benzene rings is 2. The summed E-state index contributed by atoms with van der Waals surface area (Å²) < 4.78 is 69.8. The van der Waals surface area contributed by atoms with E-state index >= 15 is 0 Å². The lowest BCUT2D eigenvalue weighted by Crippen LogP contribution is -2.58. The van der Waals surface area contributed by atoms with Crippen LogP contribution in [0.25, 0.3) is 22.2 Å². The monoisotopic (exact) mass is 790 g/mol. The van der Waals surface area contributed by atoms with Crippen molar-refractivity contribution in [1.29, 1.82) is 0 Å². The summed E-state index contributed by atoms with van der Waals surface area (Å²) in [6.45, 7) is 13.0. The van der Waals surface area contributed by atoms with Crippen LogP contribution in [0.15, 0.2) is 54.6 Å². The zero-order chi connectivity index (χ0) is 40.7. The molecular weight excluding hydrogens is 737 g/mol. The highest BCUT2D eigenvalue weighted by atomic mass is 31.2. The van der Waals surface area contributed by atoms with Gasteiger partial charge in [0.2, 0.25) is 18.2 Å². The first kappa shape index (κ1) is 43.4. The zero-order valence-electron chi connectivity index (χ0n) is 32.9. The highest BCUT2D eigenvalue weighted by molar-refractivity contribution is 7.54. The minimum atomic E-state index is -4.28. The number of ether oxygens (including phenoxy) is 3. The number of alkyl halides is 2. The standard InChI is InChI=1S/C39H53F2N4O9P/c1-10-51-55(49,52-11-2)33(22-32(40)41)43-35(46)30-20-26(23-45(30)36(47)34(38(3,4)5)44-37(48)54-39(6,7)8)53-31-21-28(24-15-13-12-14-16-24)42-29-19-25(50-9)17-18-27(29)31/h12-19,21,26,30,32-34H,10-11,20,22-23H2,1-9H3,(H,43,46)(H,44,48)/t26-,30+,33?,34-/m1/s1. The van der Waals surface area contributed by atoms with Crippen molar-refractivity contribution >= 4 is 36.4 Å². The molecule has 2 heterocycles. The molecule has 16 heteroatoms. The number of amides is 3. The average Bonchev–Trinajstić information content (AvgIpc) is 3.53. The molecule has 1 fully saturated rings. The number of aromatic nitrogens is 1. The van der Waals surface area contributed by atoms with Gasteiger partial charge in [-0.2, -0.15) is 0 Å². The molecule has 2 aromatic carbocycles. The fraction of sp³-hybridized carbons (Fsp3) is 0.538. The third-order valence-electron chi connectivity index (χ3n) is 8.67. The Morgan fingerprint density at radius 1 is 0.964 bits per heavy atom. The number of fused-ring (bicyclic) bond motifs is 1. The van der Waals surface area contributed by atoms with Crippen LogP contribution in [0.2, 0.25) is 0 Å². The third-order valence-corrected chi connectivity index (χ3v) is 11.0. The minimum absolute atomic E-state index is 0.0868. The summed E-state index contributed by atoms with van der Waals surface area (Å²) in [5, 5.41) is 5.78. The van der Waals surface area contributed by atoms with Gasteiger partial charge in [-0.1, -0.05) is 51.1 Å². The zero-order valence-corrected chi connectivity index (χ0v) is 33.8. The summed E-state index contributed by atoms with van der Waals surface area (Å²) in [4.78, 5) is 47.9. The van der Waals surface area contributed by atoms with E-state index in [1.54, 1.807) is 72.9 Å². The van der Waals surface area contributed by atoms with E-state index in [0.29, 0.717) is 28.1 Å². The predicted molar refractivity (Wildman–Crippen MR) is 204 cm³/mol. The van der Waals surface area contributed by atoms with E-state index in [0.717, 1.165) is 5.56 Å². The number of rotatable bonds is 15. The van der Waals surface area contributed by atoms with Gasteiger partial charge in [0, 0.05) is 35.9 Å². The molecule has 1 aromatic heterocycles. The second-order valence-corrected chi connectivity index (χ2v) is 17.4. The number of halogens is 2. The van der Waals surface area contributed by atoms with Gasteiger partial charge in [-0.25, -0.2) is 18.6 Å².